The fourth-order valence-electron chi connectivity index (χ4n) is 2.78. The van der Waals surface area contributed by atoms with E-state index in [2.05, 4.69) is 23.4 Å². The maximum absolute atomic E-state index is 12.7. The first-order valence-electron chi connectivity index (χ1n) is 6.69. The van der Waals surface area contributed by atoms with Gasteiger partial charge in [0.05, 0.1) is 6.04 Å². The fraction of sp³-hybridized carbons (Fsp3) is 0.333. The van der Waals surface area contributed by atoms with Crippen molar-refractivity contribution in [3.63, 3.8) is 0 Å². The summed E-state index contributed by atoms with van der Waals surface area (Å²) in [5.74, 6) is 0.0398. The zero-order chi connectivity index (χ0) is 14.1. The van der Waals surface area contributed by atoms with Gasteiger partial charge in [0.1, 0.15) is 5.15 Å². The molecule has 0 N–H and O–H groups in total. The molecule has 0 radical (unpaired) electrons. The molecule has 3 nitrogen and oxygen atoms in total. The summed E-state index contributed by atoms with van der Waals surface area (Å²) in [6.07, 6.45) is 3.44. The molecule has 0 fully saturated rings. The van der Waals surface area contributed by atoms with Crippen LogP contribution < -0.4 is 0 Å². The van der Waals surface area contributed by atoms with Crippen molar-refractivity contribution in [1.82, 2.24) is 9.88 Å². The molecule has 0 bridgehead atoms. The lowest BCUT2D eigenvalue weighted by Gasteiger charge is -2.35. The van der Waals surface area contributed by atoms with E-state index in [1.807, 2.05) is 4.90 Å². The Kier molecular flexibility index (Phi) is 3.76. The number of carbonyl (C=O) groups excluding carboxylic acids is 1. The topological polar surface area (TPSA) is 33.2 Å². The van der Waals surface area contributed by atoms with Crippen molar-refractivity contribution >= 4 is 28.8 Å². The molecule has 2 aromatic heterocycles. The molecule has 1 aliphatic rings. The highest BCUT2D eigenvalue weighted by atomic mass is 35.5. The molecule has 0 spiro atoms. The Bertz CT molecular complexity index is 640. The number of carbonyl (C=O) groups is 1. The third-order valence-electron chi connectivity index (χ3n) is 3.72. The molecule has 0 aliphatic carbocycles. The van der Waals surface area contributed by atoms with Crippen molar-refractivity contribution in [3.05, 3.63) is 50.9 Å². The first-order valence-corrected chi connectivity index (χ1v) is 7.95. The van der Waals surface area contributed by atoms with Crippen LogP contribution >= 0.6 is 22.9 Å². The summed E-state index contributed by atoms with van der Waals surface area (Å²) < 4.78 is 0. The minimum Gasteiger partial charge on any atom is -0.331 e. The zero-order valence-electron chi connectivity index (χ0n) is 11.2. The number of thiophene rings is 1. The standard InChI is InChI=1S/C15H15ClN2OS/c1-2-12-11-5-8-20-13(11)4-7-18(12)15(19)10-3-6-17-14(16)9-10/h3,5-6,8-9,12H,2,4,7H2,1H3/t12-/m1/s1. The minimum atomic E-state index is 0.0398. The second-order valence-corrected chi connectivity index (χ2v) is 6.23. The van der Waals surface area contributed by atoms with Crippen LogP contribution in [0.5, 0.6) is 0 Å². The molecule has 0 saturated carbocycles. The van der Waals surface area contributed by atoms with Crippen LogP contribution in [0.15, 0.2) is 29.8 Å². The van der Waals surface area contributed by atoms with E-state index in [0.29, 0.717) is 10.7 Å². The largest absolute Gasteiger partial charge is 0.331 e. The number of rotatable bonds is 2. The lowest BCUT2D eigenvalue weighted by molar-refractivity contribution is 0.0657. The molecule has 3 heterocycles. The molecular formula is C15H15ClN2OS. The SMILES string of the molecule is CC[C@@H]1c2ccsc2CCN1C(=O)c1ccnc(Cl)c1. The predicted molar refractivity (Wildman–Crippen MR) is 81.3 cm³/mol. The summed E-state index contributed by atoms with van der Waals surface area (Å²) in [6, 6.07) is 5.68. The van der Waals surface area contributed by atoms with Crippen LogP contribution in [0.2, 0.25) is 5.15 Å². The number of hydrogen-bond acceptors (Lipinski definition) is 3. The lowest BCUT2D eigenvalue weighted by Crippen LogP contribution is -2.39. The number of fused-ring (bicyclic) bond motifs is 1. The van der Waals surface area contributed by atoms with Crippen LogP contribution in [0, 0.1) is 0 Å². The van der Waals surface area contributed by atoms with Gasteiger partial charge in [0.2, 0.25) is 0 Å². The molecule has 2 aromatic rings. The Morgan fingerprint density at radius 1 is 1.55 bits per heavy atom. The maximum atomic E-state index is 12.7. The third kappa shape index (κ3) is 2.34. The summed E-state index contributed by atoms with van der Waals surface area (Å²) in [5, 5.41) is 2.47. The van der Waals surface area contributed by atoms with E-state index in [1.165, 1.54) is 10.4 Å². The summed E-state index contributed by atoms with van der Waals surface area (Å²) in [6.45, 7) is 2.89. The van der Waals surface area contributed by atoms with E-state index in [9.17, 15) is 4.79 Å². The summed E-state index contributed by atoms with van der Waals surface area (Å²) in [7, 11) is 0. The molecule has 1 atom stereocenters. The third-order valence-corrected chi connectivity index (χ3v) is 4.92. The van der Waals surface area contributed by atoms with Gasteiger partial charge in [-0.25, -0.2) is 4.98 Å². The predicted octanol–water partition coefficient (Wildman–Crippen LogP) is 3.95. The Hall–Kier alpha value is -1.39. The lowest BCUT2D eigenvalue weighted by atomic mass is 9.97. The maximum Gasteiger partial charge on any atom is 0.254 e. The number of nitrogens with zero attached hydrogens (tertiary/aromatic N) is 2. The van der Waals surface area contributed by atoms with Crippen molar-refractivity contribution in [1.29, 1.82) is 0 Å². The average Bonchev–Trinajstić information content (AvgIpc) is 2.93. The van der Waals surface area contributed by atoms with E-state index in [4.69, 9.17) is 11.6 Å². The Labute approximate surface area is 127 Å². The van der Waals surface area contributed by atoms with Gasteiger partial charge in [-0.05, 0) is 42.0 Å². The first-order chi connectivity index (χ1) is 9.70. The number of pyridine rings is 1. The van der Waals surface area contributed by atoms with Gasteiger partial charge >= 0.3 is 0 Å². The van der Waals surface area contributed by atoms with Gasteiger partial charge in [0.15, 0.2) is 0 Å². The zero-order valence-corrected chi connectivity index (χ0v) is 12.7. The van der Waals surface area contributed by atoms with Gasteiger partial charge < -0.3 is 4.90 Å². The molecular weight excluding hydrogens is 292 g/mol. The van der Waals surface area contributed by atoms with Crippen LogP contribution in [0.4, 0.5) is 0 Å². The van der Waals surface area contributed by atoms with Crippen LogP contribution in [-0.4, -0.2) is 22.3 Å². The van der Waals surface area contributed by atoms with Crippen molar-refractivity contribution in [2.75, 3.05) is 6.54 Å². The number of aromatic nitrogens is 1. The first kappa shape index (κ1) is 13.6. The molecule has 1 amide bonds. The van der Waals surface area contributed by atoms with Crippen molar-refractivity contribution in [3.8, 4) is 0 Å². The van der Waals surface area contributed by atoms with Gasteiger partial charge in [-0.2, -0.15) is 0 Å². The number of hydrogen-bond donors (Lipinski definition) is 0. The normalized spacial score (nSPS) is 17.9. The highest BCUT2D eigenvalue weighted by Gasteiger charge is 2.30. The Morgan fingerprint density at radius 3 is 3.15 bits per heavy atom. The molecule has 0 saturated heterocycles. The summed E-state index contributed by atoms with van der Waals surface area (Å²) in [4.78, 5) is 20.0. The second kappa shape index (κ2) is 5.54. The Balaban J connectivity index is 1.92. The second-order valence-electron chi connectivity index (χ2n) is 4.84. The number of halogens is 1. The highest BCUT2D eigenvalue weighted by Crippen LogP contribution is 2.36. The van der Waals surface area contributed by atoms with Crippen LogP contribution in [0.1, 0.15) is 40.2 Å². The molecule has 20 heavy (non-hydrogen) atoms. The van der Waals surface area contributed by atoms with Gasteiger partial charge in [-0.3, -0.25) is 4.79 Å². The summed E-state index contributed by atoms with van der Waals surface area (Å²) >= 11 is 7.67. The van der Waals surface area contributed by atoms with Crippen molar-refractivity contribution in [2.45, 2.75) is 25.8 Å². The van der Waals surface area contributed by atoms with Crippen LogP contribution in [0.25, 0.3) is 0 Å². The molecule has 1 aliphatic heterocycles. The van der Waals surface area contributed by atoms with Crippen molar-refractivity contribution < 1.29 is 4.79 Å². The van der Waals surface area contributed by atoms with Gasteiger partial charge in [-0.1, -0.05) is 18.5 Å². The highest BCUT2D eigenvalue weighted by molar-refractivity contribution is 7.10. The minimum absolute atomic E-state index is 0.0398. The van der Waals surface area contributed by atoms with E-state index in [1.54, 1.807) is 29.7 Å². The molecule has 0 unspecified atom stereocenters. The van der Waals surface area contributed by atoms with E-state index in [0.717, 1.165) is 19.4 Å². The van der Waals surface area contributed by atoms with E-state index in [-0.39, 0.29) is 11.9 Å². The number of amides is 1. The fourth-order valence-corrected chi connectivity index (χ4v) is 3.88. The molecule has 3 rings (SSSR count). The van der Waals surface area contributed by atoms with Gasteiger partial charge in [0, 0.05) is 23.2 Å². The van der Waals surface area contributed by atoms with Gasteiger partial charge in [-0.15, -0.1) is 11.3 Å². The summed E-state index contributed by atoms with van der Waals surface area (Å²) in [5.41, 5.74) is 1.92. The quantitative estimate of drug-likeness (QED) is 0.787. The Morgan fingerprint density at radius 2 is 2.40 bits per heavy atom. The molecule has 5 heteroatoms. The van der Waals surface area contributed by atoms with E-state index >= 15 is 0 Å². The monoisotopic (exact) mass is 306 g/mol. The van der Waals surface area contributed by atoms with Crippen LogP contribution in [-0.2, 0) is 6.42 Å². The van der Waals surface area contributed by atoms with Gasteiger partial charge in [0.25, 0.3) is 5.91 Å². The molecule has 104 valence electrons. The van der Waals surface area contributed by atoms with Crippen molar-refractivity contribution in [2.24, 2.45) is 0 Å². The molecule has 0 aromatic carbocycles. The smallest absolute Gasteiger partial charge is 0.254 e. The van der Waals surface area contributed by atoms with E-state index < -0.39 is 0 Å². The van der Waals surface area contributed by atoms with Crippen LogP contribution in [0.3, 0.4) is 0 Å². The average molecular weight is 307 g/mol.